The first kappa shape index (κ1) is 26.0. The van der Waals surface area contributed by atoms with E-state index >= 15 is 0 Å². The zero-order chi connectivity index (χ0) is 20.9. The fourth-order valence-corrected chi connectivity index (χ4v) is 1.60. The summed E-state index contributed by atoms with van der Waals surface area (Å²) in [5.74, 6) is -3.27. The third-order valence-electron chi connectivity index (χ3n) is 3.38. The average molecular weight is 378 g/mol. The van der Waals surface area contributed by atoms with Crippen LogP contribution >= 0.6 is 0 Å². The molecule has 0 spiro atoms. The van der Waals surface area contributed by atoms with Gasteiger partial charge in [-0.1, -0.05) is 13.8 Å². The van der Waals surface area contributed by atoms with Gasteiger partial charge in [-0.15, -0.1) is 0 Å². The summed E-state index contributed by atoms with van der Waals surface area (Å²) in [6.45, 7) is 4.41. The van der Waals surface area contributed by atoms with E-state index in [1.807, 2.05) is 0 Å². The molecule has 0 saturated carbocycles. The average Bonchev–Trinajstić information content (AvgIpc) is 3.07. The highest BCUT2D eigenvalue weighted by Gasteiger charge is 2.20. The van der Waals surface area contributed by atoms with Gasteiger partial charge in [0.05, 0.1) is 0 Å². The molecule has 11 heteroatoms. The van der Waals surface area contributed by atoms with Crippen LogP contribution < -0.4 is 22.5 Å². The summed E-state index contributed by atoms with van der Waals surface area (Å²) < 4.78 is 0. The highest BCUT2D eigenvalue weighted by molar-refractivity contribution is 5.77. The van der Waals surface area contributed by atoms with Gasteiger partial charge in [0, 0.05) is 6.42 Å². The maximum absolute atomic E-state index is 10.1. The Kier molecular flexibility index (Phi) is 14.0. The minimum absolute atomic E-state index is 0.0208. The molecule has 0 aromatic heterocycles. The molecule has 152 valence electrons. The monoisotopic (exact) mass is 378 g/mol. The quantitative estimate of drug-likeness (QED) is 0.273. The number of amides is 1. The molecular weight excluding hydrogens is 348 g/mol. The number of primary amides is 1. The Labute approximate surface area is 151 Å². The van der Waals surface area contributed by atoms with Crippen molar-refractivity contribution >= 4 is 23.8 Å². The van der Waals surface area contributed by atoms with Gasteiger partial charge in [-0.2, -0.15) is 0 Å². The van der Waals surface area contributed by atoms with Gasteiger partial charge in [-0.05, 0) is 31.7 Å². The van der Waals surface area contributed by atoms with Gasteiger partial charge < -0.3 is 37.8 Å². The van der Waals surface area contributed by atoms with Crippen molar-refractivity contribution in [3.8, 4) is 0 Å². The first-order valence-electron chi connectivity index (χ1n) is 8.11. The van der Waals surface area contributed by atoms with E-state index in [1.165, 1.54) is 0 Å². The number of hydrogen-bond donors (Lipinski definition) is 7. The number of carboxylic acid groups (broad SMARTS) is 3. The smallest absolute Gasteiger partial charge is 0.320 e. The van der Waals surface area contributed by atoms with Gasteiger partial charge in [0.1, 0.15) is 18.1 Å². The summed E-state index contributed by atoms with van der Waals surface area (Å²) in [7, 11) is 0. The number of nitrogens with two attached hydrogens (primary N) is 3. The predicted octanol–water partition coefficient (Wildman–Crippen LogP) is -1.46. The number of carboxylic acids is 3. The summed E-state index contributed by atoms with van der Waals surface area (Å²) in [6.07, 6.45) is 1.91. The van der Waals surface area contributed by atoms with Gasteiger partial charge in [0.25, 0.3) is 0 Å². The molecular formula is C15H30N4O7. The van der Waals surface area contributed by atoms with E-state index in [1.54, 1.807) is 13.8 Å². The summed E-state index contributed by atoms with van der Waals surface area (Å²) in [6, 6.07) is -1.96. The summed E-state index contributed by atoms with van der Waals surface area (Å²) >= 11 is 0. The first-order chi connectivity index (χ1) is 11.9. The van der Waals surface area contributed by atoms with E-state index in [9.17, 15) is 19.2 Å². The van der Waals surface area contributed by atoms with E-state index in [0.717, 1.165) is 19.4 Å². The third kappa shape index (κ3) is 14.1. The highest BCUT2D eigenvalue weighted by Crippen LogP contribution is 2.03. The molecule has 1 heterocycles. The van der Waals surface area contributed by atoms with Crippen molar-refractivity contribution in [2.45, 2.75) is 57.7 Å². The maximum atomic E-state index is 10.1. The van der Waals surface area contributed by atoms with Crippen LogP contribution in [-0.2, 0) is 19.2 Å². The number of carbonyl (C=O) groups is 4. The zero-order valence-electron chi connectivity index (χ0n) is 15.1. The molecule has 0 aliphatic carbocycles. The Morgan fingerprint density at radius 2 is 1.62 bits per heavy atom. The molecule has 0 aromatic carbocycles. The largest absolute Gasteiger partial charge is 0.480 e. The number of hydrogen-bond acceptors (Lipinski definition) is 7. The van der Waals surface area contributed by atoms with Crippen molar-refractivity contribution in [2.75, 3.05) is 6.54 Å². The van der Waals surface area contributed by atoms with Gasteiger partial charge in [-0.3, -0.25) is 19.2 Å². The predicted molar refractivity (Wildman–Crippen MR) is 93.1 cm³/mol. The Bertz CT molecular complexity index is 453. The van der Waals surface area contributed by atoms with Crippen molar-refractivity contribution in [1.82, 2.24) is 5.32 Å². The lowest BCUT2D eigenvalue weighted by molar-refractivity contribution is -0.140. The van der Waals surface area contributed by atoms with Crippen LogP contribution in [-0.4, -0.2) is 63.8 Å². The van der Waals surface area contributed by atoms with Crippen LogP contribution in [0.15, 0.2) is 0 Å². The van der Waals surface area contributed by atoms with E-state index in [4.69, 9.17) is 32.5 Å². The van der Waals surface area contributed by atoms with Crippen molar-refractivity contribution in [2.24, 2.45) is 23.1 Å². The van der Waals surface area contributed by atoms with Crippen LogP contribution in [0.3, 0.4) is 0 Å². The molecule has 26 heavy (non-hydrogen) atoms. The molecule has 1 fully saturated rings. The zero-order valence-corrected chi connectivity index (χ0v) is 15.1. The molecule has 1 aliphatic heterocycles. The number of nitrogens with one attached hydrogen (secondary N) is 1. The molecule has 11 nitrogen and oxygen atoms in total. The second kappa shape index (κ2) is 14.0. The van der Waals surface area contributed by atoms with Gasteiger partial charge >= 0.3 is 17.9 Å². The van der Waals surface area contributed by atoms with E-state index in [0.29, 0.717) is 0 Å². The Balaban J connectivity index is 0. The molecule has 1 saturated heterocycles. The van der Waals surface area contributed by atoms with Gasteiger partial charge in [-0.25, -0.2) is 0 Å². The minimum Gasteiger partial charge on any atom is -0.480 e. The van der Waals surface area contributed by atoms with Crippen molar-refractivity contribution in [3.63, 3.8) is 0 Å². The maximum Gasteiger partial charge on any atom is 0.320 e. The van der Waals surface area contributed by atoms with Crippen LogP contribution in [0.25, 0.3) is 0 Å². The lowest BCUT2D eigenvalue weighted by atomic mass is 10.1. The van der Waals surface area contributed by atoms with Crippen molar-refractivity contribution in [3.05, 3.63) is 0 Å². The fraction of sp³-hybridized carbons (Fsp3) is 0.733. The second-order valence-corrected chi connectivity index (χ2v) is 6.04. The fourth-order valence-electron chi connectivity index (χ4n) is 1.60. The molecule has 10 N–H and O–H groups in total. The third-order valence-corrected chi connectivity index (χ3v) is 3.38. The molecule has 0 aromatic rings. The first-order valence-corrected chi connectivity index (χ1v) is 8.11. The number of rotatable bonds is 7. The molecule has 3 atom stereocenters. The molecule has 0 radical (unpaired) electrons. The van der Waals surface area contributed by atoms with Crippen LogP contribution in [0.1, 0.15) is 39.5 Å². The van der Waals surface area contributed by atoms with Gasteiger partial charge in [0.15, 0.2) is 0 Å². The number of aliphatic carboxylic acids is 3. The topological polar surface area (TPSA) is 219 Å². The summed E-state index contributed by atoms with van der Waals surface area (Å²) in [4.78, 5) is 40.3. The van der Waals surface area contributed by atoms with E-state index in [2.05, 4.69) is 5.32 Å². The molecule has 1 rings (SSSR count). The standard InChI is InChI=1S/C5H10N2O3.C5H9NO2.C5H11NO2/c6-3(5(9)10)1-2-4(7)8;7-5(8)4-2-1-3-6-4;1-3(2)4(6)5(7)8/h3H,1-2,6H2,(H2,7,8)(H,9,10);4,6H,1-3H2,(H,7,8);3-4H,6H2,1-2H3,(H,7,8)/t;4-;/m.0./s1. The summed E-state index contributed by atoms with van der Waals surface area (Å²) in [5.41, 5.74) is 15.0. The lowest BCUT2D eigenvalue weighted by Crippen LogP contribution is -2.34. The lowest BCUT2D eigenvalue weighted by Gasteiger charge is -2.07. The van der Waals surface area contributed by atoms with Crippen molar-refractivity contribution < 1.29 is 34.5 Å². The molecule has 0 bridgehead atoms. The second-order valence-electron chi connectivity index (χ2n) is 6.04. The van der Waals surface area contributed by atoms with Crippen molar-refractivity contribution in [1.29, 1.82) is 0 Å². The Morgan fingerprint density at radius 3 is 1.81 bits per heavy atom. The highest BCUT2D eigenvalue weighted by atomic mass is 16.4. The molecule has 2 unspecified atom stereocenters. The minimum atomic E-state index is -1.11. The van der Waals surface area contributed by atoms with Crippen LogP contribution in [0.4, 0.5) is 0 Å². The van der Waals surface area contributed by atoms with Crippen LogP contribution in [0.2, 0.25) is 0 Å². The summed E-state index contributed by atoms with van der Waals surface area (Å²) in [5, 5.41) is 27.7. The normalized spacial score (nSPS) is 17.8. The molecule has 1 aliphatic rings. The SMILES string of the molecule is CC(C)C(N)C(=O)O.NC(=O)CCC(N)C(=O)O.O=C(O)[C@@H]1CCCN1. The van der Waals surface area contributed by atoms with Crippen LogP contribution in [0.5, 0.6) is 0 Å². The van der Waals surface area contributed by atoms with E-state index < -0.39 is 35.9 Å². The van der Waals surface area contributed by atoms with Gasteiger partial charge in [0.2, 0.25) is 5.91 Å². The molecule has 1 amide bonds. The Morgan fingerprint density at radius 1 is 1.08 bits per heavy atom. The van der Waals surface area contributed by atoms with Crippen LogP contribution in [0, 0.1) is 5.92 Å². The Hall–Kier alpha value is -2.24. The number of carbonyl (C=O) groups excluding carboxylic acids is 1. The van der Waals surface area contributed by atoms with E-state index in [-0.39, 0.29) is 24.8 Å².